The molecule has 3 atom stereocenters. The summed E-state index contributed by atoms with van der Waals surface area (Å²) in [4.78, 5) is 25.8. The first-order valence-electron chi connectivity index (χ1n) is 10.9. The van der Waals surface area contributed by atoms with Crippen molar-refractivity contribution in [1.29, 1.82) is 0 Å². The van der Waals surface area contributed by atoms with Crippen LogP contribution >= 0.6 is 0 Å². The van der Waals surface area contributed by atoms with Crippen molar-refractivity contribution in [2.75, 3.05) is 26.9 Å². The largest absolute Gasteiger partial charge is 0.469 e. The molecule has 0 saturated carbocycles. The van der Waals surface area contributed by atoms with Gasteiger partial charge in [0.25, 0.3) is 0 Å². The van der Waals surface area contributed by atoms with Gasteiger partial charge in [-0.15, -0.1) is 0 Å². The van der Waals surface area contributed by atoms with E-state index in [0.29, 0.717) is 42.8 Å². The number of hydrogen-bond donors (Lipinski definition) is 0. The molecule has 0 N–H and O–H groups in total. The fraction of sp³-hybridized carbons (Fsp3) is 0.818. The molecular formula is C22H39NO5Si. The molecule has 6 nitrogen and oxygen atoms in total. The highest BCUT2D eigenvalue weighted by Crippen LogP contribution is 2.43. The van der Waals surface area contributed by atoms with E-state index in [0.717, 1.165) is 0 Å². The van der Waals surface area contributed by atoms with Crippen LogP contribution in [0, 0.1) is 11.8 Å². The van der Waals surface area contributed by atoms with Crippen LogP contribution in [0.5, 0.6) is 0 Å². The number of nitrogens with zero attached hydrogens (tertiary/aromatic N) is 1. The summed E-state index contributed by atoms with van der Waals surface area (Å²) in [6.07, 6.45) is 2.19. The number of methoxy groups -OCH3 is 1. The van der Waals surface area contributed by atoms with Crippen LogP contribution in [0.4, 0.5) is 4.79 Å². The number of esters is 1. The summed E-state index contributed by atoms with van der Waals surface area (Å²) in [5.74, 6) is -0.0905. The third-order valence-corrected chi connectivity index (χ3v) is 13.2. The zero-order chi connectivity index (χ0) is 21.9. The zero-order valence-electron chi connectivity index (χ0n) is 19.4. The van der Waals surface area contributed by atoms with Crippen molar-refractivity contribution in [1.82, 2.24) is 4.90 Å². The van der Waals surface area contributed by atoms with Crippen molar-refractivity contribution >= 4 is 20.4 Å². The molecule has 0 aliphatic carbocycles. The van der Waals surface area contributed by atoms with Gasteiger partial charge in [-0.05, 0) is 23.5 Å². The Balaban J connectivity index is 2.16. The van der Waals surface area contributed by atoms with Crippen LogP contribution in [-0.4, -0.2) is 58.2 Å². The average Bonchev–Trinajstić information content (AvgIpc) is 3.18. The highest BCUT2D eigenvalue weighted by Gasteiger charge is 2.50. The van der Waals surface area contributed by atoms with Gasteiger partial charge in [0, 0.05) is 18.4 Å². The summed E-state index contributed by atoms with van der Waals surface area (Å²) in [5.41, 5.74) is 2.79. The topological polar surface area (TPSA) is 65.1 Å². The van der Waals surface area contributed by atoms with Gasteiger partial charge in [-0.25, -0.2) is 4.79 Å². The molecule has 2 aliphatic rings. The predicted octanol–water partition coefficient (Wildman–Crippen LogP) is 4.75. The van der Waals surface area contributed by atoms with Crippen molar-refractivity contribution in [3.8, 4) is 0 Å². The lowest BCUT2D eigenvalue weighted by Gasteiger charge is -2.42. The SMILES string of the molecule is COC(=O)C[C@H]1[C@@H](/C(C)=C\CO[Si](C(C)C)(C(C)C)C(C)C)CN2C(=O)OC[C@H]12. The lowest BCUT2D eigenvalue weighted by Crippen LogP contribution is -2.47. The normalized spacial score (nSPS) is 25.2. The van der Waals surface area contributed by atoms with Crippen molar-refractivity contribution in [3.63, 3.8) is 0 Å². The number of hydrogen-bond acceptors (Lipinski definition) is 5. The quantitative estimate of drug-likeness (QED) is 0.303. The van der Waals surface area contributed by atoms with Gasteiger partial charge in [0.2, 0.25) is 8.32 Å². The van der Waals surface area contributed by atoms with E-state index in [1.54, 1.807) is 4.90 Å². The molecule has 0 unspecified atom stereocenters. The van der Waals surface area contributed by atoms with Crippen LogP contribution in [0.2, 0.25) is 16.6 Å². The molecule has 0 aromatic carbocycles. The second-order valence-corrected chi connectivity index (χ2v) is 14.9. The van der Waals surface area contributed by atoms with Crippen LogP contribution in [-0.2, 0) is 18.7 Å². The molecular weight excluding hydrogens is 386 g/mol. The van der Waals surface area contributed by atoms with E-state index in [9.17, 15) is 9.59 Å². The Kier molecular flexibility index (Phi) is 7.96. The molecule has 2 rings (SSSR count). The number of amides is 1. The Morgan fingerprint density at radius 3 is 2.31 bits per heavy atom. The van der Waals surface area contributed by atoms with Crippen LogP contribution in [0.25, 0.3) is 0 Å². The minimum atomic E-state index is -1.92. The fourth-order valence-electron chi connectivity index (χ4n) is 5.65. The van der Waals surface area contributed by atoms with E-state index in [1.807, 2.05) is 0 Å². The molecule has 0 spiro atoms. The summed E-state index contributed by atoms with van der Waals surface area (Å²) in [6, 6.07) is -0.0497. The summed E-state index contributed by atoms with van der Waals surface area (Å²) < 4.78 is 16.8. The molecule has 2 aliphatic heterocycles. The van der Waals surface area contributed by atoms with Gasteiger partial charge in [-0.1, -0.05) is 53.2 Å². The van der Waals surface area contributed by atoms with Gasteiger partial charge in [0.05, 0.1) is 26.2 Å². The molecule has 0 bridgehead atoms. The summed E-state index contributed by atoms with van der Waals surface area (Å²) >= 11 is 0. The van der Waals surface area contributed by atoms with E-state index in [-0.39, 0.29) is 29.9 Å². The van der Waals surface area contributed by atoms with Crippen LogP contribution < -0.4 is 0 Å². The van der Waals surface area contributed by atoms with Crippen molar-refractivity contribution in [2.24, 2.45) is 11.8 Å². The highest BCUT2D eigenvalue weighted by atomic mass is 28.4. The monoisotopic (exact) mass is 425 g/mol. The zero-order valence-corrected chi connectivity index (χ0v) is 20.4. The van der Waals surface area contributed by atoms with Crippen molar-refractivity contribution in [2.45, 2.75) is 77.6 Å². The molecule has 1 amide bonds. The maximum absolute atomic E-state index is 12.0. The van der Waals surface area contributed by atoms with Crippen molar-refractivity contribution in [3.05, 3.63) is 11.6 Å². The Morgan fingerprint density at radius 2 is 1.79 bits per heavy atom. The molecule has 2 fully saturated rings. The van der Waals surface area contributed by atoms with Crippen LogP contribution in [0.1, 0.15) is 54.9 Å². The van der Waals surface area contributed by atoms with Crippen LogP contribution in [0.3, 0.4) is 0 Å². The number of carbonyl (C=O) groups excluding carboxylic acids is 2. The second kappa shape index (κ2) is 9.64. The first-order chi connectivity index (χ1) is 13.6. The van der Waals surface area contributed by atoms with Gasteiger partial charge in [-0.3, -0.25) is 4.79 Å². The lowest BCUT2D eigenvalue weighted by molar-refractivity contribution is -0.142. The molecule has 29 heavy (non-hydrogen) atoms. The molecule has 0 aromatic heterocycles. The Labute approximate surface area is 177 Å². The Morgan fingerprint density at radius 1 is 1.21 bits per heavy atom. The summed E-state index contributed by atoms with van der Waals surface area (Å²) in [5, 5.41) is 0. The number of fused-ring (bicyclic) bond motifs is 1. The number of carbonyl (C=O) groups is 2. The molecule has 166 valence electrons. The number of cyclic esters (lactones) is 1. The molecule has 0 aromatic rings. The second-order valence-electron chi connectivity index (χ2n) is 9.42. The predicted molar refractivity (Wildman–Crippen MR) is 116 cm³/mol. The Bertz CT molecular complexity index is 609. The lowest BCUT2D eigenvalue weighted by atomic mass is 9.83. The minimum Gasteiger partial charge on any atom is -0.469 e. The Hall–Kier alpha value is -1.34. The fourth-order valence-corrected chi connectivity index (χ4v) is 11.0. The molecule has 2 heterocycles. The molecule has 7 heteroatoms. The number of rotatable bonds is 9. The molecule has 0 radical (unpaired) electrons. The first kappa shape index (κ1) is 23.9. The van der Waals surface area contributed by atoms with E-state index in [4.69, 9.17) is 13.9 Å². The maximum atomic E-state index is 12.0. The van der Waals surface area contributed by atoms with E-state index in [2.05, 4.69) is 54.5 Å². The summed E-state index contributed by atoms with van der Waals surface area (Å²) in [7, 11) is -0.512. The number of ether oxygens (including phenoxy) is 2. The third kappa shape index (κ3) is 4.71. The maximum Gasteiger partial charge on any atom is 0.410 e. The molecule has 2 saturated heterocycles. The highest BCUT2D eigenvalue weighted by molar-refractivity contribution is 6.77. The van der Waals surface area contributed by atoms with Gasteiger partial charge < -0.3 is 18.8 Å². The van der Waals surface area contributed by atoms with Gasteiger partial charge in [-0.2, -0.15) is 0 Å². The smallest absolute Gasteiger partial charge is 0.410 e. The van der Waals surface area contributed by atoms with Gasteiger partial charge in [0.1, 0.15) is 6.61 Å². The van der Waals surface area contributed by atoms with Crippen LogP contribution in [0.15, 0.2) is 11.6 Å². The summed E-state index contributed by atoms with van der Waals surface area (Å²) in [6.45, 7) is 17.3. The van der Waals surface area contributed by atoms with E-state index in [1.165, 1.54) is 12.7 Å². The minimum absolute atomic E-state index is 0.0208. The third-order valence-electron chi connectivity index (χ3n) is 7.08. The average molecular weight is 426 g/mol. The standard InChI is InChI=1S/C22H39NO5Si/c1-14(2)29(15(3)4,16(5)6)28-10-9-17(7)19-12-23-20(13-27-22(23)25)18(19)11-21(24)26-8/h9,14-16,18-20H,10-13H2,1-8H3/b17-9-/t18-,19+,20+/m0/s1. The van der Waals surface area contributed by atoms with Gasteiger partial charge in [0.15, 0.2) is 0 Å². The van der Waals surface area contributed by atoms with Gasteiger partial charge >= 0.3 is 12.1 Å². The van der Waals surface area contributed by atoms with E-state index < -0.39 is 8.32 Å². The van der Waals surface area contributed by atoms with E-state index >= 15 is 0 Å². The van der Waals surface area contributed by atoms with Crippen molar-refractivity contribution < 1.29 is 23.5 Å². The first-order valence-corrected chi connectivity index (χ1v) is 13.0.